The summed E-state index contributed by atoms with van der Waals surface area (Å²) in [6.45, 7) is 8.77. The van der Waals surface area contributed by atoms with Crippen molar-refractivity contribution in [1.82, 2.24) is 15.5 Å². The highest BCUT2D eigenvalue weighted by Crippen LogP contribution is 2.21. The van der Waals surface area contributed by atoms with Crippen LogP contribution in [0.25, 0.3) is 0 Å². The summed E-state index contributed by atoms with van der Waals surface area (Å²) in [5, 5.41) is 6.81. The number of hydrogen-bond acceptors (Lipinski definition) is 5. The van der Waals surface area contributed by atoms with Gasteiger partial charge in [-0.1, -0.05) is 24.3 Å². The molecule has 6 nitrogen and oxygen atoms in total. The molecule has 2 N–H and O–H groups in total. The van der Waals surface area contributed by atoms with Crippen LogP contribution in [-0.2, 0) is 17.8 Å². The number of ether oxygens (including phenoxy) is 2. The van der Waals surface area contributed by atoms with Crippen LogP contribution >= 0.6 is 11.8 Å². The molecule has 0 aromatic heterocycles. The smallest absolute Gasteiger partial charge is 0.191 e. The molecule has 3 rings (SSSR count). The quantitative estimate of drug-likeness (QED) is 0.353. The van der Waals surface area contributed by atoms with Gasteiger partial charge in [0.15, 0.2) is 5.96 Å². The molecule has 2 aromatic carbocycles. The number of rotatable bonds is 9. The second-order valence-electron chi connectivity index (χ2n) is 7.54. The lowest BCUT2D eigenvalue weighted by molar-refractivity contribution is 0.0322. The normalized spacial score (nSPS) is 15.0. The second kappa shape index (κ2) is 12.6. The largest absolute Gasteiger partial charge is 0.492 e. The Morgan fingerprint density at radius 2 is 1.94 bits per heavy atom. The molecule has 31 heavy (non-hydrogen) atoms. The Labute approximate surface area is 190 Å². The first-order valence-corrected chi connectivity index (χ1v) is 12.0. The molecular weight excluding hydrogens is 408 g/mol. The van der Waals surface area contributed by atoms with Gasteiger partial charge in [-0.3, -0.25) is 9.89 Å². The van der Waals surface area contributed by atoms with E-state index in [1.807, 2.05) is 12.1 Å². The molecule has 1 saturated heterocycles. The summed E-state index contributed by atoms with van der Waals surface area (Å²) in [5.74, 6) is 1.69. The fourth-order valence-electron chi connectivity index (χ4n) is 3.45. The van der Waals surface area contributed by atoms with Gasteiger partial charge in [0.2, 0.25) is 0 Å². The van der Waals surface area contributed by atoms with E-state index in [4.69, 9.17) is 9.47 Å². The van der Waals surface area contributed by atoms with Crippen LogP contribution in [0.4, 0.5) is 0 Å². The Bertz CT molecular complexity index is 853. The Morgan fingerprint density at radius 1 is 1.13 bits per heavy atom. The maximum absolute atomic E-state index is 5.96. The van der Waals surface area contributed by atoms with E-state index in [9.17, 15) is 0 Å². The molecule has 0 unspecified atom stereocenters. The predicted molar refractivity (Wildman–Crippen MR) is 129 cm³/mol. The van der Waals surface area contributed by atoms with Crippen molar-refractivity contribution < 1.29 is 9.47 Å². The fourth-order valence-corrected chi connectivity index (χ4v) is 4.15. The summed E-state index contributed by atoms with van der Waals surface area (Å²) in [6, 6.07) is 14.8. The lowest BCUT2D eigenvalue weighted by atomic mass is 10.1. The minimum absolute atomic E-state index is 0.684. The Kier molecular flexibility index (Phi) is 9.52. The van der Waals surface area contributed by atoms with Crippen molar-refractivity contribution >= 4 is 17.7 Å². The molecule has 1 heterocycles. The standard InChI is InChI=1S/C24H34N4O2S/c1-19-7-8-21(23(15-19)31-3)18-27-24(25-2)26-17-20-5-4-6-22(16-20)30-14-11-28-9-12-29-13-10-28/h4-8,15-16H,9-14,17-18H2,1-3H3,(H2,25,26,27). The number of aliphatic imine (C=N–C) groups is 1. The number of morpholine rings is 1. The third-order valence-corrected chi connectivity index (χ3v) is 6.07. The van der Waals surface area contributed by atoms with Gasteiger partial charge in [-0.05, 0) is 48.1 Å². The number of guanidine groups is 1. The van der Waals surface area contributed by atoms with Crippen molar-refractivity contribution in [3.63, 3.8) is 0 Å². The molecule has 168 valence electrons. The van der Waals surface area contributed by atoms with Gasteiger partial charge in [-0.15, -0.1) is 11.8 Å². The van der Waals surface area contributed by atoms with E-state index < -0.39 is 0 Å². The molecule has 0 spiro atoms. The monoisotopic (exact) mass is 442 g/mol. The molecule has 0 bridgehead atoms. The van der Waals surface area contributed by atoms with Crippen LogP contribution in [0.15, 0.2) is 52.4 Å². The number of hydrogen-bond donors (Lipinski definition) is 2. The lowest BCUT2D eigenvalue weighted by Crippen LogP contribution is -2.38. The minimum Gasteiger partial charge on any atom is -0.492 e. The van der Waals surface area contributed by atoms with Gasteiger partial charge >= 0.3 is 0 Å². The molecule has 1 fully saturated rings. The van der Waals surface area contributed by atoms with Crippen LogP contribution in [0.1, 0.15) is 16.7 Å². The molecule has 2 aromatic rings. The van der Waals surface area contributed by atoms with Crippen LogP contribution in [0.2, 0.25) is 0 Å². The molecule has 0 atom stereocenters. The van der Waals surface area contributed by atoms with Gasteiger partial charge in [0, 0.05) is 44.7 Å². The van der Waals surface area contributed by atoms with E-state index in [0.29, 0.717) is 13.2 Å². The van der Waals surface area contributed by atoms with Crippen molar-refractivity contribution in [2.24, 2.45) is 4.99 Å². The summed E-state index contributed by atoms with van der Waals surface area (Å²) in [4.78, 5) is 8.03. The van der Waals surface area contributed by atoms with Crippen molar-refractivity contribution in [3.05, 3.63) is 59.2 Å². The van der Waals surface area contributed by atoms with Gasteiger partial charge in [0.25, 0.3) is 0 Å². The molecule has 0 radical (unpaired) electrons. The highest BCUT2D eigenvalue weighted by molar-refractivity contribution is 7.98. The van der Waals surface area contributed by atoms with Crippen molar-refractivity contribution in [2.75, 3.05) is 52.8 Å². The van der Waals surface area contributed by atoms with Gasteiger partial charge in [0.05, 0.1) is 13.2 Å². The van der Waals surface area contributed by atoms with Crippen LogP contribution in [-0.4, -0.2) is 63.6 Å². The Morgan fingerprint density at radius 3 is 2.71 bits per heavy atom. The highest BCUT2D eigenvalue weighted by atomic mass is 32.2. The van der Waals surface area contributed by atoms with Gasteiger partial charge in [-0.2, -0.15) is 0 Å². The number of nitrogens with one attached hydrogen (secondary N) is 2. The molecular formula is C24H34N4O2S. The zero-order valence-electron chi connectivity index (χ0n) is 18.8. The van der Waals surface area contributed by atoms with E-state index in [0.717, 1.165) is 56.7 Å². The zero-order chi connectivity index (χ0) is 21.9. The first-order chi connectivity index (χ1) is 15.2. The third-order valence-electron chi connectivity index (χ3n) is 5.25. The Balaban J connectivity index is 1.45. The number of aryl methyl sites for hydroxylation is 1. The maximum Gasteiger partial charge on any atom is 0.191 e. The molecule has 7 heteroatoms. The molecule has 0 aliphatic carbocycles. The summed E-state index contributed by atoms with van der Waals surface area (Å²) in [5.41, 5.74) is 3.71. The summed E-state index contributed by atoms with van der Waals surface area (Å²) < 4.78 is 11.4. The lowest BCUT2D eigenvalue weighted by Gasteiger charge is -2.26. The van der Waals surface area contributed by atoms with E-state index in [-0.39, 0.29) is 0 Å². The Hall–Kier alpha value is -2.22. The van der Waals surface area contributed by atoms with E-state index in [2.05, 4.69) is 64.0 Å². The van der Waals surface area contributed by atoms with Crippen LogP contribution in [0.5, 0.6) is 5.75 Å². The SMILES string of the molecule is CN=C(NCc1cccc(OCCN2CCOCC2)c1)NCc1ccc(C)cc1SC. The van der Waals surface area contributed by atoms with Gasteiger partial charge < -0.3 is 20.1 Å². The summed E-state index contributed by atoms with van der Waals surface area (Å²) >= 11 is 1.77. The first kappa shape index (κ1) is 23.4. The van der Waals surface area contributed by atoms with Crippen molar-refractivity contribution in [1.29, 1.82) is 0 Å². The van der Waals surface area contributed by atoms with Crippen LogP contribution in [0, 0.1) is 6.92 Å². The van der Waals surface area contributed by atoms with E-state index in [1.54, 1.807) is 18.8 Å². The van der Waals surface area contributed by atoms with E-state index >= 15 is 0 Å². The van der Waals surface area contributed by atoms with Crippen molar-refractivity contribution in [2.45, 2.75) is 24.9 Å². The molecule has 0 saturated carbocycles. The van der Waals surface area contributed by atoms with Crippen molar-refractivity contribution in [3.8, 4) is 5.75 Å². The second-order valence-corrected chi connectivity index (χ2v) is 8.39. The van der Waals surface area contributed by atoms with Crippen LogP contribution < -0.4 is 15.4 Å². The highest BCUT2D eigenvalue weighted by Gasteiger charge is 2.10. The van der Waals surface area contributed by atoms with E-state index in [1.165, 1.54) is 16.0 Å². The van der Waals surface area contributed by atoms with Crippen LogP contribution in [0.3, 0.4) is 0 Å². The number of benzene rings is 2. The minimum atomic E-state index is 0.684. The number of nitrogens with zero attached hydrogens (tertiary/aromatic N) is 2. The fraction of sp³-hybridized carbons (Fsp3) is 0.458. The summed E-state index contributed by atoms with van der Waals surface area (Å²) in [6.07, 6.45) is 2.11. The molecule has 1 aliphatic rings. The van der Waals surface area contributed by atoms with Gasteiger partial charge in [-0.25, -0.2) is 0 Å². The predicted octanol–water partition coefficient (Wildman–Crippen LogP) is 3.29. The topological polar surface area (TPSA) is 58.1 Å². The third kappa shape index (κ3) is 7.76. The average molecular weight is 443 g/mol. The summed E-state index contributed by atoms with van der Waals surface area (Å²) in [7, 11) is 1.80. The molecule has 0 amide bonds. The first-order valence-electron chi connectivity index (χ1n) is 10.8. The average Bonchev–Trinajstić information content (AvgIpc) is 2.81. The molecule has 1 aliphatic heterocycles. The zero-order valence-corrected chi connectivity index (χ0v) is 19.6. The van der Waals surface area contributed by atoms with Gasteiger partial charge in [0.1, 0.15) is 12.4 Å². The maximum atomic E-state index is 5.96. The number of thioether (sulfide) groups is 1.